The first-order chi connectivity index (χ1) is 9.19. The predicted octanol–water partition coefficient (Wildman–Crippen LogP) is 4.15. The molecule has 0 aliphatic heterocycles. The molecule has 4 heteroatoms. The fourth-order valence-corrected chi connectivity index (χ4v) is 2.73. The van der Waals surface area contributed by atoms with Crippen molar-refractivity contribution in [2.24, 2.45) is 0 Å². The van der Waals surface area contributed by atoms with E-state index in [4.69, 9.17) is 0 Å². The van der Waals surface area contributed by atoms with Crippen LogP contribution in [0.25, 0.3) is 22.0 Å². The van der Waals surface area contributed by atoms with Crippen LogP contribution in [0.3, 0.4) is 0 Å². The summed E-state index contributed by atoms with van der Waals surface area (Å²) in [5, 5.41) is 1.35. The van der Waals surface area contributed by atoms with Crippen molar-refractivity contribution in [3.05, 3.63) is 65.9 Å². The van der Waals surface area contributed by atoms with Crippen LogP contribution in [0.15, 0.2) is 48.7 Å². The topological polar surface area (TPSA) is 12.9 Å². The van der Waals surface area contributed by atoms with E-state index in [9.17, 15) is 8.78 Å². The second-order valence-electron chi connectivity index (χ2n) is 4.60. The smallest absolute Gasteiger partial charge is 0.284 e. The first-order valence-electron chi connectivity index (χ1n) is 5.97. The van der Waals surface area contributed by atoms with Crippen LogP contribution in [0.5, 0.6) is 0 Å². The Kier molecular flexibility index (Phi) is 2.96. The number of alkyl halides is 2. The van der Waals surface area contributed by atoms with Crippen molar-refractivity contribution in [2.45, 2.75) is 5.92 Å². The van der Waals surface area contributed by atoms with Gasteiger partial charge in [-0.1, -0.05) is 29.7 Å². The van der Waals surface area contributed by atoms with Crippen LogP contribution in [0.2, 0.25) is 0 Å². The van der Waals surface area contributed by atoms with Crippen molar-refractivity contribution < 1.29 is 28.9 Å². The van der Waals surface area contributed by atoms with Gasteiger partial charge in [0.05, 0.1) is 0 Å². The van der Waals surface area contributed by atoms with E-state index in [1.165, 1.54) is 18.3 Å². The summed E-state index contributed by atoms with van der Waals surface area (Å²) in [6, 6.07) is 14.6. The quantitative estimate of drug-likeness (QED) is 0.475. The largest absolute Gasteiger partial charge is 0.304 e. The minimum absolute atomic E-state index is 0. The second-order valence-corrected chi connectivity index (χ2v) is 4.60. The third-order valence-corrected chi connectivity index (χ3v) is 3.56. The van der Waals surface area contributed by atoms with E-state index in [-0.39, 0.29) is 31.2 Å². The molecule has 0 saturated carbocycles. The minimum atomic E-state index is -3.01. The van der Waals surface area contributed by atoms with E-state index >= 15 is 0 Å². The molecule has 101 valence electrons. The van der Waals surface area contributed by atoms with Crippen molar-refractivity contribution >= 4 is 10.8 Å². The van der Waals surface area contributed by atoms with Crippen LogP contribution < -0.4 is 0 Å². The van der Waals surface area contributed by atoms with Gasteiger partial charge in [0.25, 0.3) is 5.92 Å². The van der Waals surface area contributed by atoms with Gasteiger partial charge >= 0.3 is 0 Å². The zero-order valence-electron chi connectivity index (χ0n) is 10.2. The first-order valence-corrected chi connectivity index (χ1v) is 5.97. The third kappa shape index (κ3) is 1.58. The maximum atomic E-state index is 14.6. The number of hydrogen-bond acceptors (Lipinski definition) is 1. The van der Waals surface area contributed by atoms with E-state index in [1.807, 2.05) is 6.07 Å². The molecule has 1 aliphatic rings. The average Bonchev–Trinajstić information content (AvgIpc) is 2.45. The number of halogens is 2. The van der Waals surface area contributed by atoms with E-state index < -0.39 is 5.92 Å². The number of hydrogen-bond donors (Lipinski definition) is 0. The molecule has 0 amide bonds. The Bertz CT molecular complexity index is 809. The number of pyridine rings is 1. The van der Waals surface area contributed by atoms with Gasteiger partial charge in [-0.05, 0) is 17.3 Å². The zero-order valence-corrected chi connectivity index (χ0v) is 12.6. The standard InChI is InChI=1S/C16H8F2N.Ir/c17-16(18)12-7-2-5-10-4-1-6-11(14(10)12)15-13(16)8-3-9-19-15;/h1-5,7-9H;/q-1;. The summed E-state index contributed by atoms with van der Waals surface area (Å²) >= 11 is 0. The van der Waals surface area contributed by atoms with Crippen LogP contribution in [-0.2, 0) is 26.0 Å². The molecule has 0 N–H and O–H groups in total. The van der Waals surface area contributed by atoms with Gasteiger partial charge in [-0.15, -0.1) is 29.1 Å². The molecule has 1 heterocycles. The number of aromatic nitrogens is 1. The van der Waals surface area contributed by atoms with Gasteiger partial charge in [0.15, 0.2) is 0 Å². The van der Waals surface area contributed by atoms with Crippen molar-refractivity contribution in [1.29, 1.82) is 0 Å². The maximum Gasteiger partial charge on any atom is 0.284 e. The van der Waals surface area contributed by atoms with Crippen molar-refractivity contribution in [2.75, 3.05) is 0 Å². The van der Waals surface area contributed by atoms with Crippen molar-refractivity contribution in [1.82, 2.24) is 4.98 Å². The molecule has 0 saturated heterocycles. The molecule has 1 radical (unpaired) electrons. The van der Waals surface area contributed by atoms with Crippen LogP contribution in [0.4, 0.5) is 8.78 Å². The Morgan fingerprint density at radius 3 is 2.65 bits per heavy atom. The summed E-state index contributed by atoms with van der Waals surface area (Å²) in [5.41, 5.74) is 0.987. The SMILES string of the molecule is FC1(F)c2cccnc2-c2[c-]ccc3cccc1c23.[Ir]. The Hall–Kier alpha value is -1.64. The van der Waals surface area contributed by atoms with Crippen LogP contribution in [0, 0.1) is 6.07 Å². The van der Waals surface area contributed by atoms with Gasteiger partial charge in [0.1, 0.15) is 0 Å². The van der Waals surface area contributed by atoms with Gasteiger partial charge in [0, 0.05) is 31.9 Å². The molecule has 1 aromatic heterocycles. The van der Waals surface area contributed by atoms with E-state index in [0.717, 1.165) is 5.39 Å². The summed E-state index contributed by atoms with van der Waals surface area (Å²) in [7, 11) is 0. The summed E-state index contributed by atoms with van der Waals surface area (Å²) in [5.74, 6) is -3.01. The molecule has 2 aromatic carbocycles. The van der Waals surface area contributed by atoms with Gasteiger partial charge in [-0.2, -0.15) is 8.78 Å². The molecule has 3 aromatic rings. The number of benzene rings is 2. The Morgan fingerprint density at radius 1 is 1.00 bits per heavy atom. The van der Waals surface area contributed by atoms with Crippen LogP contribution >= 0.6 is 0 Å². The summed E-state index contributed by atoms with van der Waals surface area (Å²) < 4.78 is 29.2. The third-order valence-electron chi connectivity index (χ3n) is 3.56. The summed E-state index contributed by atoms with van der Waals surface area (Å²) in [6.07, 6.45) is 1.54. The monoisotopic (exact) mass is 445 g/mol. The molecule has 4 rings (SSSR count). The van der Waals surface area contributed by atoms with E-state index in [2.05, 4.69) is 11.1 Å². The summed E-state index contributed by atoms with van der Waals surface area (Å²) in [4.78, 5) is 4.13. The Morgan fingerprint density at radius 2 is 1.80 bits per heavy atom. The number of nitrogens with zero attached hydrogens (tertiary/aromatic N) is 1. The molecule has 0 bridgehead atoms. The van der Waals surface area contributed by atoms with Gasteiger partial charge < -0.3 is 4.98 Å². The van der Waals surface area contributed by atoms with Crippen LogP contribution in [-0.4, -0.2) is 4.98 Å². The van der Waals surface area contributed by atoms with Gasteiger partial charge in [-0.3, -0.25) is 0 Å². The van der Waals surface area contributed by atoms with Gasteiger partial charge in [-0.25, -0.2) is 0 Å². The molecular formula is C16H8F2IrN-. The first kappa shape index (κ1) is 13.3. The van der Waals surface area contributed by atoms with E-state index in [1.54, 1.807) is 24.3 Å². The van der Waals surface area contributed by atoms with Crippen molar-refractivity contribution in [3.63, 3.8) is 0 Å². The second kappa shape index (κ2) is 4.44. The molecule has 1 nitrogen and oxygen atoms in total. The predicted molar refractivity (Wildman–Crippen MR) is 69.0 cm³/mol. The maximum absolute atomic E-state index is 14.6. The Balaban J connectivity index is 0.00000121. The Labute approximate surface area is 128 Å². The summed E-state index contributed by atoms with van der Waals surface area (Å²) in [6.45, 7) is 0. The molecule has 20 heavy (non-hydrogen) atoms. The number of rotatable bonds is 0. The minimum Gasteiger partial charge on any atom is -0.304 e. The molecule has 1 aliphatic carbocycles. The molecular weight excluding hydrogens is 436 g/mol. The molecule has 0 atom stereocenters. The van der Waals surface area contributed by atoms with Crippen molar-refractivity contribution in [3.8, 4) is 11.3 Å². The normalized spacial score (nSPS) is 14.5. The average molecular weight is 444 g/mol. The molecule has 0 spiro atoms. The number of fused-ring (bicyclic) bond motifs is 2. The van der Waals surface area contributed by atoms with E-state index in [0.29, 0.717) is 16.6 Å². The van der Waals surface area contributed by atoms with Crippen LogP contribution in [0.1, 0.15) is 11.1 Å². The fraction of sp³-hybridized carbons (Fsp3) is 0.0625. The molecule has 0 unspecified atom stereocenters. The van der Waals surface area contributed by atoms with Gasteiger partial charge in [0.2, 0.25) is 0 Å². The fourth-order valence-electron chi connectivity index (χ4n) is 2.73. The molecule has 0 fully saturated rings. The zero-order chi connectivity index (χ0) is 13.0.